The first kappa shape index (κ1) is 21.0. The predicted octanol–water partition coefficient (Wildman–Crippen LogP) is 3.03. The lowest BCUT2D eigenvalue weighted by atomic mass is 10.00. The Kier molecular flexibility index (Phi) is 12.5. The second kappa shape index (κ2) is 12.5. The van der Waals surface area contributed by atoms with Gasteiger partial charge < -0.3 is 15.1 Å². The minimum atomic E-state index is 0. The van der Waals surface area contributed by atoms with Crippen LogP contribution in [0.2, 0.25) is 0 Å². The fourth-order valence-corrected chi connectivity index (χ4v) is 2.75. The highest BCUT2D eigenvalue weighted by Gasteiger charge is 2.18. The van der Waals surface area contributed by atoms with Crippen molar-refractivity contribution in [2.24, 2.45) is 10.9 Å². The fraction of sp³-hybridized carbons (Fsp3) is 0.938. The van der Waals surface area contributed by atoms with Crippen molar-refractivity contribution >= 4 is 29.9 Å². The summed E-state index contributed by atoms with van der Waals surface area (Å²) in [6, 6.07) is 0. The van der Waals surface area contributed by atoms with Crippen LogP contribution >= 0.6 is 24.0 Å². The highest BCUT2D eigenvalue weighted by Crippen LogP contribution is 2.15. The average molecular weight is 410 g/mol. The molecule has 1 aliphatic heterocycles. The summed E-state index contributed by atoms with van der Waals surface area (Å²) >= 11 is 0. The maximum atomic E-state index is 4.42. The van der Waals surface area contributed by atoms with Crippen molar-refractivity contribution in [2.45, 2.75) is 46.5 Å². The van der Waals surface area contributed by atoms with Gasteiger partial charge in [-0.2, -0.15) is 0 Å². The summed E-state index contributed by atoms with van der Waals surface area (Å²) in [5.74, 6) is 1.97. The molecule has 1 heterocycles. The smallest absolute Gasteiger partial charge is 0.193 e. The summed E-state index contributed by atoms with van der Waals surface area (Å²) in [6.07, 6.45) is 5.08. The topological polar surface area (TPSA) is 30.9 Å². The zero-order valence-electron chi connectivity index (χ0n) is 14.4. The monoisotopic (exact) mass is 410 g/mol. The molecule has 1 fully saturated rings. The molecule has 1 aliphatic rings. The summed E-state index contributed by atoms with van der Waals surface area (Å²) in [6.45, 7) is 13.7. The largest absolute Gasteiger partial charge is 0.356 e. The van der Waals surface area contributed by atoms with Crippen LogP contribution in [0.1, 0.15) is 46.5 Å². The Morgan fingerprint density at radius 2 is 1.81 bits per heavy atom. The number of aliphatic imine (C=N–C) groups is 1. The molecule has 0 bridgehead atoms. The van der Waals surface area contributed by atoms with E-state index in [1.54, 1.807) is 0 Å². The molecule has 0 aromatic carbocycles. The van der Waals surface area contributed by atoms with E-state index in [0.29, 0.717) is 0 Å². The minimum absolute atomic E-state index is 0. The van der Waals surface area contributed by atoms with E-state index in [2.05, 4.69) is 40.9 Å². The zero-order chi connectivity index (χ0) is 14.8. The summed E-state index contributed by atoms with van der Waals surface area (Å²) in [7, 11) is 1.90. The first-order chi connectivity index (χ1) is 9.71. The lowest BCUT2D eigenvalue weighted by molar-refractivity contribution is 0.272. The van der Waals surface area contributed by atoms with Gasteiger partial charge in [0, 0.05) is 26.7 Å². The Bertz CT molecular complexity index is 271. The van der Waals surface area contributed by atoms with Gasteiger partial charge in [0.15, 0.2) is 5.96 Å². The summed E-state index contributed by atoms with van der Waals surface area (Å²) in [4.78, 5) is 9.32. The quantitative estimate of drug-likeness (QED) is 0.303. The van der Waals surface area contributed by atoms with Gasteiger partial charge in [0.05, 0.1) is 0 Å². The molecule has 5 heteroatoms. The third-order valence-electron chi connectivity index (χ3n) is 4.37. The molecule has 21 heavy (non-hydrogen) atoms. The molecule has 0 radical (unpaired) electrons. The molecule has 1 saturated heterocycles. The predicted molar refractivity (Wildman–Crippen MR) is 104 cm³/mol. The Labute approximate surface area is 148 Å². The first-order valence-corrected chi connectivity index (χ1v) is 8.39. The Morgan fingerprint density at radius 3 is 2.33 bits per heavy atom. The maximum Gasteiger partial charge on any atom is 0.193 e. The second-order valence-electron chi connectivity index (χ2n) is 5.88. The van der Waals surface area contributed by atoms with Crippen molar-refractivity contribution in [1.29, 1.82) is 0 Å². The molecule has 126 valence electrons. The maximum absolute atomic E-state index is 4.42. The number of hydrogen-bond donors (Lipinski definition) is 1. The lowest BCUT2D eigenvalue weighted by Crippen LogP contribution is -2.45. The first-order valence-electron chi connectivity index (χ1n) is 8.39. The van der Waals surface area contributed by atoms with Gasteiger partial charge in [0.2, 0.25) is 0 Å². The second-order valence-corrected chi connectivity index (χ2v) is 5.88. The number of hydrogen-bond acceptors (Lipinski definition) is 2. The van der Waals surface area contributed by atoms with E-state index < -0.39 is 0 Å². The molecule has 0 amide bonds. The van der Waals surface area contributed by atoms with E-state index in [1.165, 1.54) is 32.2 Å². The van der Waals surface area contributed by atoms with Crippen molar-refractivity contribution in [3.63, 3.8) is 0 Å². The number of unbranched alkanes of at least 4 members (excludes halogenated alkanes) is 1. The molecule has 0 spiro atoms. The Hall–Kier alpha value is -0.0400. The van der Waals surface area contributed by atoms with Crippen LogP contribution in [0.25, 0.3) is 0 Å². The average Bonchev–Trinajstić information content (AvgIpc) is 2.48. The van der Waals surface area contributed by atoms with Crippen LogP contribution in [0.15, 0.2) is 4.99 Å². The summed E-state index contributed by atoms with van der Waals surface area (Å²) < 4.78 is 0. The van der Waals surface area contributed by atoms with Crippen LogP contribution in [0.5, 0.6) is 0 Å². The summed E-state index contributed by atoms with van der Waals surface area (Å²) in [5.41, 5.74) is 0. The number of guanidine groups is 1. The molecule has 0 unspecified atom stereocenters. The van der Waals surface area contributed by atoms with E-state index >= 15 is 0 Å². The van der Waals surface area contributed by atoms with Crippen molar-refractivity contribution in [3.8, 4) is 0 Å². The van der Waals surface area contributed by atoms with Crippen LogP contribution in [-0.4, -0.2) is 62.1 Å². The number of nitrogens with zero attached hydrogens (tertiary/aromatic N) is 3. The van der Waals surface area contributed by atoms with Gasteiger partial charge in [-0.25, -0.2) is 0 Å². The van der Waals surface area contributed by atoms with Gasteiger partial charge in [0.1, 0.15) is 0 Å². The van der Waals surface area contributed by atoms with Gasteiger partial charge in [-0.3, -0.25) is 4.99 Å². The van der Waals surface area contributed by atoms with Crippen LogP contribution in [0, 0.1) is 5.92 Å². The minimum Gasteiger partial charge on any atom is -0.356 e. The van der Waals surface area contributed by atoms with E-state index in [1.807, 2.05) is 7.05 Å². The molecule has 0 atom stereocenters. The standard InChI is InChI=1S/C16H34N4.HI/c1-5-19(6-2)12-8-7-11-18-16(17-4)20-13-9-15(3)10-14-20;/h15H,5-14H2,1-4H3,(H,17,18);1H. The lowest BCUT2D eigenvalue weighted by Gasteiger charge is -2.33. The highest BCUT2D eigenvalue weighted by atomic mass is 127. The molecule has 0 aromatic rings. The number of likely N-dealkylation sites (tertiary alicyclic amines) is 1. The molecule has 4 nitrogen and oxygen atoms in total. The van der Waals surface area contributed by atoms with Crippen molar-refractivity contribution < 1.29 is 0 Å². The van der Waals surface area contributed by atoms with Gasteiger partial charge in [-0.1, -0.05) is 20.8 Å². The van der Waals surface area contributed by atoms with E-state index in [4.69, 9.17) is 0 Å². The number of rotatable bonds is 7. The molecule has 0 aliphatic carbocycles. The number of piperidine rings is 1. The van der Waals surface area contributed by atoms with Crippen molar-refractivity contribution in [1.82, 2.24) is 15.1 Å². The van der Waals surface area contributed by atoms with Crippen LogP contribution in [0.4, 0.5) is 0 Å². The Balaban J connectivity index is 0.00000400. The molecular formula is C16H35IN4. The summed E-state index contributed by atoms with van der Waals surface area (Å²) in [5, 5.41) is 3.52. The van der Waals surface area contributed by atoms with Crippen LogP contribution in [-0.2, 0) is 0 Å². The molecule has 0 aromatic heterocycles. The van der Waals surface area contributed by atoms with Gasteiger partial charge in [0.25, 0.3) is 0 Å². The van der Waals surface area contributed by atoms with Gasteiger partial charge in [-0.05, 0) is 51.2 Å². The molecule has 1 rings (SSSR count). The van der Waals surface area contributed by atoms with Crippen molar-refractivity contribution in [3.05, 3.63) is 0 Å². The molecular weight excluding hydrogens is 375 g/mol. The van der Waals surface area contributed by atoms with Crippen molar-refractivity contribution in [2.75, 3.05) is 46.3 Å². The third-order valence-corrected chi connectivity index (χ3v) is 4.37. The van der Waals surface area contributed by atoms with Gasteiger partial charge >= 0.3 is 0 Å². The van der Waals surface area contributed by atoms with Crippen LogP contribution in [0.3, 0.4) is 0 Å². The molecule has 0 saturated carbocycles. The Morgan fingerprint density at radius 1 is 1.19 bits per heavy atom. The zero-order valence-corrected chi connectivity index (χ0v) is 16.7. The number of halogens is 1. The fourth-order valence-electron chi connectivity index (χ4n) is 2.75. The number of nitrogens with one attached hydrogen (secondary N) is 1. The SMILES string of the molecule is CCN(CC)CCCCNC(=NC)N1CCC(C)CC1.I. The highest BCUT2D eigenvalue weighted by molar-refractivity contribution is 14.0. The third kappa shape index (κ3) is 8.24. The molecule has 1 N–H and O–H groups in total. The normalized spacial score (nSPS) is 17.0. The van der Waals surface area contributed by atoms with E-state index in [9.17, 15) is 0 Å². The van der Waals surface area contributed by atoms with E-state index in [-0.39, 0.29) is 24.0 Å². The van der Waals surface area contributed by atoms with E-state index in [0.717, 1.165) is 44.6 Å². The van der Waals surface area contributed by atoms with Crippen LogP contribution < -0.4 is 5.32 Å². The van der Waals surface area contributed by atoms with Gasteiger partial charge in [-0.15, -0.1) is 24.0 Å².